The van der Waals surface area contributed by atoms with E-state index in [-0.39, 0.29) is 6.04 Å². The summed E-state index contributed by atoms with van der Waals surface area (Å²) in [5.74, 6) is 0. The molecule has 2 aromatic heterocycles. The highest BCUT2D eigenvalue weighted by Crippen LogP contribution is 2.20. The predicted octanol–water partition coefficient (Wildman–Crippen LogP) is 4.11. The molecular weight excluding hydrogens is 260 g/mol. The van der Waals surface area contributed by atoms with Crippen molar-refractivity contribution in [2.75, 3.05) is 6.54 Å². The number of nitrogens with one attached hydrogen (secondary N) is 1. The normalized spacial score (nSPS) is 12.6. The third kappa shape index (κ3) is 3.31. The molecule has 3 aromatic rings. The number of nitrogens with zero attached hydrogens (tertiary/aromatic N) is 1. The van der Waals surface area contributed by atoms with Crippen molar-refractivity contribution >= 4 is 10.9 Å². The topological polar surface area (TPSA) is 38.1 Å². The predicted molar refractivity (Wildman–Crippen MR) is 85.2 cm³/mol. The Hall–Kier alpha value is -2.13. The molecule has 3 nitrogen and oxygen atoms in total. The second-order valence-corrected chi connectivity index (χ2v) is 5.27. The maximum Gasteiger partial charge on any atom is 0.0935 e. The first-order chi connectivity index (χ1) is 10.4. The number of aromatic nitrogens is 1. The Kier molecular flexibility index (Phi) is 4.31. The van der Waals surface area contributed by atoms with Gasteiger partial charge in [0.2, 0.25) is 0 Å². The van der Waals surface area contributed by atoms with Gasteiger partial charge in [-0.25, -0.2) is 0 Å². The van der Waals surface area contributed by atoms with Crippen LogP contribution in [0, 0.1) is 0 Å². The Bertz CT molecular complexity index is 691. The number of rotatable bonds is 6. The van der Waals surface area contributed by atoms with Gasteiger partial charge >= 0.3 is 0 Å². The fraction of sp³-hybridized carbons (Fsp3) is 0.278. The zero-order valence-electron chi connectivity index (χ0n) is 12.3. The third-order valence-electron chi connectivity index (χ3n) is 3.64. The molecule has 2 heterocycles. The summed E-state index contributed by atoms with van der Waals surface area (Å²) >= 11 is 0. The lowest BCUT2D eigenvalue weighted by molar-refractivity contribution is 0.512. The van der Waals surface area contributed by atoms with E-state index in [4.69, 9.17) is 9.40 Å². The molecule has 0 aliphatic heterocycles. The largest absolute Gasteiger partial charge is 0.472 e. The molecule has 21 heavy (non-hydrogen) atoms. The van der Waals surface area contributed by atoms with E-state index in [2.05, 4.69) is 36.5 Å². The lowest BCUT2D eigenvalue weighted by Crippen LogP contribution is -2.24. The fourth-order valence-electron chi connectivity index (χ4n) is 2.52. The lowest BCUT2D eigenvalue weighted by atomic mass is 10.0. The standard InChI is InChI=1S/C18H20N2O/c1-2-10-19-18(12-14-9-11-21-13-14)17-8-7-15-5-3-4-6-16(15)20-17/h3-9,11,13,18-19H,2,10,12H2,1H3. The van der Waals surface area contributed by atoms with Gasteiger partial charge < -0.3 is 9.73 Å². The number of benzene rings is 1. The van der Waals surface area contributed by atoms with Crippen LogP contribution < -0.4 is 5.32 Å². The Balaban J connectivity index is 1.89. The molecule has 1 aromatic carbocycles. The molecule has 0 bridgehead atoms. The number of para-hydroxylation sites is 1. The quantitative estimate of drug-likeness (QED) is 0.738. The van der Waals surface area contributed by atoms with E-state index in [9.17, 15) is 0 Å². The molecule has 3 rings (SSSR count). The summed E-state index contributed by atoms with van der Waals surface area (Å²) in [5, 5.41) is 4.76. The zero-order valence-corrected chi connectivity index (χ0v) is 12.3. The maximum atomic E-state index is 5.18. The van der Waals surface area contributed by atoms with Crippen molar-refractivity contribution in [2.24, 2.45) is 0 Å². The highest BCUT2D eigenvalue weighted by atomic mass is 16.3. The summed E-state index contributed by atoms with van der Waals surface area (Å²) in [5.41, 5.74) is 3.33. The van der Waals surface area contributed by atoms with Crippen LogP contribution in [-0.2, 0) is 6.42 Å². The highest BCUT2D eigenvalue weighted by Gasteiger charge is 2.14. The molecule has 0 aliphatic rings. The van der Waals surface area contributed by atoms with Crippen molar-refractivity contribution in [3.05, 3.63) is 66.2 Å². The van der Waals surface area contributed by atoms with Crippen LogP contribution in [0.1, 0.15) is 30.6 Å². The minimum absolute atomic E-state index is 0.215. The SMILES string of the molecule is CCCNC(Cc1ccoc1)c1ccc2ccccc2n1. The zero-order chi connectivity index (χ0) is 14.5. The van der Waals surface area contributed by atoms with Gasteiger partial charge in [0.15, 0.2) is 0 Å². The van der Waals surface area contributed by atoms with E-state index in [1.165, 1.54) is 10.9 Å². The van der Waals surface area contributed by atoms with Crippen molar-refractivity contribution < 1.29 is 4.42 Å². The van der Waals surface area contributed by atoms with Gasteiger partial charge in [0, 0.05) is 5.39 Å². The summed E-state index contributed by atoms with van der Waals surface area (Å²) in [6, 6.07) is 14.7. The maximum absolute atomic E-state index is 5.18. The van der Waals surface area contributed by atoms with Gasteiger partial charge in [-0.15, -0.1) is 0 Å². The minimum Gasteiger partial charge on any atom is -0.472 e. The Morgan fingerprint density at radius 1 is 1.14 bits per heavy atom. The van der Waals surface area contributed by atoms with Crippen molar-refractivity contribution in [2.45, 2.75) is 25.8 Å². The Labute approximate surface area is 125 Å². The first kappa shape index (κ1) is 13.8. The van der Waals surface area contributed by atoms with E-state index in [0.29, 0.717) is 0 Å². The average molecular weight is 280 g/mol. The average Bonchev–Trinajstić information content (AvgIpc) is 3.04. The number of hydrogen-bond acceptors (Lipinski definition) is 3. The van der Waals surface area contributed by atoms with Crippen LogP contribution in [0.4, 0.5) is 0 Å². The minimum atomic E-state index is 0.215. The smallest absolute Gasteiger partial charge is 0.0935 e. The third-order valence-corrected chi connectivity index (χ3v) is 3.64. The van der Waals surface area contributed by atoms with E-state index in [1.807, 2.05) is 24.5 Å². The molecule has 0 saturated heterocycles. The van der Waals surface area contributed by atoms with E-state index in [0.717, 1.165) is 30.6 Å². The van der Waals surface area contributed by atoms with Crippen molar-refractivity contribution in [3.63, 3.8) is 0 Å². The van der Waals surface area contributed by atoms with Crippen LogP contribution in [0.3, 0.4) is 0 Å². The van der Waals surface area contributed by atoms with Crippen LogP contribution >= 0.6 is 0 Å². The van der Waals surface area contributed by atoms with Crippen molar-refractivity contribution in [1.82, 2.24) is 10.3 Å². The van der Waals surface area contributed by atoms with Crippen LogP contribution in [0.25, 0.3) is 10.9 Å². The Morgan fingerprint density at radius 3 is 2.86 bits per heavy atom. The van der Waals surface area contributed by atoms with Crippen LogP contribution in [-0.4, -0.2) is 11.5 Å². The van der Waals surface area contributed by atoms with Crippen LogP contribution in [0.15, 0.2) is 59.4 Å². The molecule has 1 N–H and O–H groups in total. The molecule has 108 valence electrons. The number of hydrogen-bond donors (Lipinski definition) is 1. The summed E-state index contributed by atoms with van der Waals surface area (Å²) in [7, 11) is 0. The summed E-state index contributed by atoms with van der Waals surface area (Å²) in [6.45, 7) is 3.16. The van der Waals surface area contributed by atoms with Crippen LogP contribution in [0.5, 0.6) is 0 Å². The van der Waals surface area contributed by atoms with Gasteiger partial charge in [0.25, 0.3) is 0 Å². The highest BCUT2D eigenvalue weighted by molar-refractivity contribution is 5.78. The molecular formula is C18H20N2O. The van der Waals surface area contributed by atoms with Gasteiger partial charge in [-0.3, -0.25) is 4.98 Å². The lowest BCUT2D eigenvalue weighted by Gasteiger charge is -2.18. The molecule has 0 amide bonds. The monoisotopic (exact) mass is 280 g/mol. The summed E-state index contributed by atoms with van der Waals surface area (Å²) < 4.78 is 5.18. The number of fused-ring (bicyclic) bond motifs is 1. The first-order valence-corrected chi connectivity index (χ1v) is 7.47. The second-order valence-electron chi connectivity index (χ2n) is 5.27. The summed E-state index contributed by atoms with van der Waals surface area (Å²) in [6.07, 6.45) is 5.53. The number of pyridine rings is 1. The van der Waals surface area contributed by atoms with Gasteiger partial charge in [-0.2, -0.15) is 0 Å². The Morgan fingerprint density at radius 2 is 2.05 bits per heavy atom. The first-order valence-electron chi connectivity index (χ1n) is 7.47. The second kappa shape index (κ2) is 6.55. The molecule has 0 radical (unpaired) electrons. The van der Waals surface area contributed by atoms with E-state index >= 15 is 0 Å². The van der Waals surface area contributed by atoms with Crippen molar-refractivity contribution in [1.29, 1.82) is 0 Å². The van der Waals surface area contributed by atoms with Gasteiger partial charge in [0.1, 0.15) is 0 Å². The van der Waals surface area contributed by atoms with E-state index in [1.54, 1.807) is 6.26 Å². The molecule has 0 fully saturated rings. The van der Waals surface area contributed by atoms with Gasteiger partial charge in [-0.05, 0) is 43.1 Å². The fourth-order valence-corrected chi connectivity index (χ4v) is 2.52. The van der Waals surface area contributed by atoms with E-state index < -0.39 is 0 Å². The molecule has 0 spiro atoms. The summed E-state index contributed by atoms with van der Waals surface area (Å²) in [4.78, 5) is 4.82. The number of furan rings is 1. The van der Waals surface area contributed by atoms with Gasteiger partial charge in [0.05, 0.1) is 29.8 Å². The molecule has 3 heteroatoms. The molecule has 0 aliphatic carbocycles. The molecule has 1 unspecified atom stereocenters. The van der Waals surface area contributed by atoms with Gasteiger partial charge in [-0.1, -0.05) is 31.2 Å². The molecule has 0 saturated carbocycles. The molecule has 1 atom stereocenters. The van der Waals surface area contributed by atoms with Crippen LogP contribution in [0.2, 0.25) is 0 Å². The van der Waals surface area contributed by atoms with Crippen molar-refractivity contribution in [3.8, 4) is 0 Å².